The lowest BCUT2D eigenvalue weighted by molar-refractivity contribution is -0.146. The normalized spacial score (nSPS) is 22.2. The molecular weight excluding hydrogens is 240 g/mol. The first-order chi connectivity index (χ1) is 8.06. The topological polar surface area (TPSA) is 83.6 Å². The van der Waals surface area contributed by atoms with E-state index in [2.05, 4.69) is 0 Å². The van der Waals surface area contributed by atoms with Crippen molar-refractivity contribution >= 4 is 23.6 Å². The molecule has 1 fully saturated rings. The van der Waals surface area contributed by atoms with E-state index < -0.39 is 17.9 Å². The van der Waals surface area contributed by atoms with Gasteiger partial charge in [0.05, 0.1) is 12.0 Å². The summed E-state index contributed by atoms with van der Waals surface area (Å²) >= 11 is 1.65. The van der Waals surface area contributed by atoms with Crippen LogP contribution in [0.1, 0.15) is 19.3 Å². The molecule has 1 amide bonds. The number of thioether (sulfide) groups is 1. The molecule has 0 spiro atoms. The van der Waals surface area contributed by atoms with E-state index >= 15 is 0 Å². The maximum Gasteiger partial charge on any atom is 0.308 e. The molecule has 0 saturated carbocycles. The number of carboxylic acid groups (broad SMARTS) is 1. The van der Waals surface area contributed by atoms with Gasteiger partial charge in [-0.3, -0.25) is 9.59 Å². The van der Waals surface area contributed by atoms with Gasteiger partial charge in [0.1, 0.15) is 0 Å². The smallest absolute Gasteiger partial charge is 0.308 e. The first kappa shape index (κ1) is 14.3. The van der Waals surface area contributed by atoms with E-state index in [-0.39, 0.29) is 5.91 Å². The molecule has 2 atom stereocenters. The van der Waals surface area contributed by atoms with Gasteiger partial charge in [0.25, 0.3) is 0 Å². The van der Waals surface area contributed by atoms with Crippen molar-refractivity contribution in [3.05, 3.63) is 0 Å². The van der Waals surface area contributed by atoms with Crippen LogP contribution in [0.25, 0.3) is 0 Å². The predicted molar refractivity (Wildman–Crippen MR) is 67.9 cm³/mol. The maximum absolute atomic E-state index is 12.0. The molecule has 0 aromatic carbocycles. The van der Waals surface area contributed by atoms with Crippen molar-refractivity contribution in [2.45, 2.75) is 25.3 Å². The van der Waals surface area contributed by atoms with Crippen LogP contribution >= 0.6 is 11.8 Å². The third-order valence-corrected chi connectivity index (χ3v) is 3.68. The number of aliphatic carboxylic acids is 1. The maximum atomic E-state index is 12.0. The number of carboxylic acids is 1. The van der Waals surface area contributed by atoms with E-state index in [1.54, 1.807) is 16.7 Å². The van der Waals surface area contributed by atoms with Gasteiger partial charge in [0.15, 0.2) is 0 Å². The van der Waals surface area contributed by atoms with E-state index in [9.17, 15) is 9.59 Å². The number of nitrogens with zero attached hydrogens (tertiary/aromatic N) is 1. The van der Waals surface area contributed by atoms with Gasteiger partial charge in [-0.15, -0.1) is 0 Å². The number of carbonyl (C=O) groups excluding carboxylic acids is 1. The number of rotatable bonds is 5. The number of hydrogen-bond donors (Lipinski definition) is 2. The van der Waals surface area contributed by atoms with E-state index in [0.717, 1.165) is 12.2 Å². The summed E-state index contributed by atoms with van der Waals surface area (Å²) in [7, 11) is 0. The van der Waals surface area contributed by atoms with Crippen LogP contribution < -0.4 is 5.73 Å². The lowest BCUT2D eigenvalue weighted by Crippen LogP contribution is -2.49. The number of hydrogen-bond acceptors (Lipinski definition) is 4. The van der Waals surface area contributed by atoms with Crippen LogP contribution in [-0.4, -0.2) is 53.0 Å². The quantitative estimate of drug-likeness (QED) is 0.747. The van der Waals surface area contributed by atoms with Gasteiger partial charge in [-0.1, -0.05) is 0 Å². The van der Waals surface area contributed by atoms with Crippen LogP contribution in [0.4, 0.5) is 0 Å². The van der Waals surface area contributed by atoms with E-state index in [1.807, 2.05) is 6.26 Å². The molecule has 6 heteroatoms. The summed E-state index contributed by atoms with van der Waals surface area (Å²) in [5, 5.41) is 8.95. The minimum Gasteiger partial charge on any atom is -0.481 e. The van der Waals surface area contributed by atoms with Gasteiger partial charge < -0.3 is 15.7 Å². The van der Waals surface area contributed by atoms with Crippen LogP contribution in [-0.2, 0) is 9.59 Å². The van der Waals surface area contributed by atoms with Crippen LogP contribution in [0.3, 0.4) is 0 Å². The SMILES string of the molecule is CSCC[C@@H](N)C(=O)N1CCC[C@@H](C(=O)O)C1. The van der Waals surface area contributed by atoms with Crippen molar-refractivity contribution in [2.24, 2.45) is 11.7 Å². The molecule has 0 aromatic heterocycles. The van der Waals surface area contributed by atoms with Gasteiger partial charge >= 0.3 is 5.97 Å². The molecule has 0 unspecified atom stereocenters. The van der Waals surface area contributed by atoms with Crippen molar-refractivity contribution < 1.29 is 14.7 Å². The molecule has 0 radical (unpaired) electrons. The summed E-state index contributed by atoms with van der Waals surface area (Å²) in [4.78, 5) is 24.5. The van der Waals surface area contributed by atoms with Crippen LogP contribution in [0.2, 0.25) is 0 Å². The zero-order valence-corrected chi connectivity index (χ0v) is 10.9. The molecular formula is C11H20N2O3S. The zero-order chi connectivity index (χ0) is 12.8. The average molecular weight is 260 g/mol. The molecule has 1 heterocycles. The molecule has 98 valence electrons. The number of amides is 1. The van der Waals surface area contributed by atoms with Gasteiger partial charge in [0, 0.05) is 13.1 Å². The summed E-state index contributed by atoms with van der Waals surface area (Å²) in [6.07, 6.45) is 4.02. The van der Waals surface area contributed by atoms with Crippen LogP contribution in [0.15, 0.2) is 0 Å². The first-order valence-electron chi connectivity index (χ1n) is 5.82. The Morgan fingerprint density at radius 2 is 2.29 bits per heavy atom. The fourth-order valence-electron chi connectivity index (χ4n) is 1.98. The fourth-order valence-corrected chi connectivity index (χ4v) is 2.47. The molecule has 0 aromatic rings. The number of piperidine rings is 1. The van der Waals surface area contributed by atoms with Crippen LogP contribution in [0, 0.1) is 5.92 Å². The molecule has 0 bridgehead atoms. The van der Waals surface area contributed by atoms with E-state index in [1.165, 1.54) is 0 Å². The number of likely N-dealkylation sites (tertiary alicyclic amines) is 1. The van der Waals surface area contributed by atoms with Crippen molar-refractivity contribution in [2.75, 3.05) is 25.1 Å². The highest BCUT2D eigenvalue weighted by Gasteiger charge is 2.30. The van der Waals surface area contributed by atoms with Crippen molar-refractivity contribution in [1.82, 2.24) is 4.90 Å². The predicted octanol–water partition coefficient (Wildman–Crippen LogP) is 0.390. The largest absolute Gasteiger partial charge is 0.481 e. The van der Waals surface area contributed by atoms with Gasteiger partial charge in [-0.25, -0.2) is 0 Å². The fraction of sp³-hybridized carbons (Fsp3) is 0.818. The second-order valence-corrected chi connectivity index (χ2v) is 5.34. The van der Waals surface area contributed by atoms with Gasteiger partial charge in [-0.05, 0) is 31.3 Å². The Bertz CT molecular complexity index is 286. The molecule has 17 heavy (non-hydrogen) atoms. The highest BCUT2D eigenvalue weighted by Crippen LogP contribution is 2.17. The Morgan fingerprint density at radius 1 is 1.59 bits per heavy atom. The summed E-state index contributed by atoms with van der Waals surface area (Å²) in [6, 6.07) is -0.491. The molecule has 0 aliphatic carbocycles. The molecule has 1 aliphatic heterocycles. The molecule has 1 saturated heterocycles. The second kappa shape index (κ2) is 6.86. The summed E-state index contributed by atoms with van der Waals surface area (Å²) < 4.78 is 0. The zero-order valence-electron chi connectivity index (χ0n) is 10.1. The highest BCUT2D eigenvalue weighted by molar-refractivity contribution is 7.98. The minimum absolute atomic E-state index is 0.106. The number of nitrogens with two attached hydrogens (primary N) is 1. The standard InChI is InChI=1S/C11H20N2O3S/c1-17-6-4-9(12)10(14)13-5-2-3-8(7-13)11(15)16/h8-9H,2-7,12H2,1H3,(H,15,16)/t8-,9-/m1/s1. The van der Waals surface area contributed by atoms with Crippen molar-refractivity contribution in [1.29, 1.82) is 0 Å². The Hall–Kier alpha value is -0.750. The first-order valence-corrected chi connectivity index (χ1v) is 7.21. The summed E-state index contributed by atoms with van der Waals surface area (Å²) in [6.45, 7) is 0.941. The summed E-state index contributed by atoms with van der Waals surface area (Å²) in [5.41, 5.74) is 5.80. The van der Waals surface area contributed by atoms with Gasteiger partial charge in [-0.2, -0.15) is 11.8 Å². The third-order valence-electron chi connectivity index (χ3n) is 3.03. The van der Waals surface area contributed by atoms with E-state index in [4.69, 9.17) is 10.8 Å². The highest BCUT2D eigenvalue weighted by atomic mass is 32.2. The molecule has 5 nitrogen and oxygen atoms in total. The number of carbonyl (C=O) groups is 2. The average Bonchev–Trinajstić information content (AvgIpc) is 2.35. The third kappa shape index (κ3) is 4.20. The van der Waals surface area contributed by atoms with E-state index in [0.29, 0.717) is 25.9 Å². The second-order valence-electron chi connectivity index (χ2n) is 4.35. The monoisotopic (exact) mass is 260 g/mol. The lowest BCUT2D eigenvalue weighted by Gasteiger charge is -2.32. The van der Waals surface area contributed by atoms with Gasteiger partial charge in [0.2, 0.25) is 5.91 Å². The van der Waals surface area contributed by atoms with Crippen molar-refractivity contribution in [3.63, 3.8) is 0 Å². The Kier molecular flexibility index (Phi) is 5.77. The minimum atomic E-state index is -0.819. The molecule has 3 N–H and O–H groups in total. The Morgan fingerprint density at radius 3 is 2.88 bits per heavy atom. The molecule has 1 rings (SSSR count). The lowest BCUT2D eigenvalue weighted by atomic mass is 9.97. The molecule has 1 aliphatic rings. The Labute approximate surface area is 106 Å². The van der Waals surface area contributed by atoms with Crippen molar-refractivity contribution in [3.8, 4) is 0 Å². The summed E-state index contributed by atoms with van der Waals surface area (Å²) in [5.74, 6) is -0.506. The van der Waals surface area contributed by atoms with Crippen LogP contribution in [0.5, 0.6) is 0 Å². The Balaban J connectivity index is 2.48.